The third kappa shape index (κ3) is 2.94. The van der Waals surface area contributed by atoms with Gasteiger partial charge in [0.15, 0.2) is 0 Å². The minimum Gasteiger partial charge on any atom is -0.389 e. The summed E-state index contributed by atoms with van der Waals surface area (Å²) in [6.07, 6.45) is 1.39. The summed E-state index contributed by atoms with van der Waals surface area (Å²) in [5, 5.41) is 11.6. The molecule has 17 heavy (non-hydrogen) atoms. The van der Waals surface area contributed by atoms with Crippen molar-refractivity contribution in [2.75, 3.05) is 13.2 Å². The van der Waals surface area contributed by atoms with Crippen LogP contribution in [-0.4, -0.2) is 23.9 Å². The number of rotatable bonds is 3. The third-order valence-corrected chi connectivity index (χ3v) is 4.25. The molecule has 1 N–H and O–H groups in total. The second-order valence-corrected chi connectivity index (χ2v) is 5.59. The van der Waals surface area contributed by atoms with Crippen molar-refractivity contribution >= 4 is 23.2 Å². The van der Waals surface area contributed by atoms with Crippen molar-refractivity contribution in [3.63, 3.8) is 0 Å². The number of halogens is 2. The molecular weight excluding hydrogens is 259 g/mol. The lowest BCUT2D eigenvalue weighted by Crippen LogP contribution is -2.37. The lowest BCUT2D eigenvalue weighted by molar-refractivity contribution is -0.00452. The summed E-state index contributed by atoms with van der Waals surface area (Å²) in [4.78, 5) is 0. The van der Waals surface area contributed by atoms with Crippen LogP contribution in [0.25, 0.3) is 0 Å². The molecule has 1 aliphatic rings. The summed E-state index contributed by atoms with van der Waals surface area (Å²) in [5.41, 5.74) is 0.0845. The number of benzene rings is 1. The Morgan fingerprint density at radius 3 is 2.88 bits per heavy atom. The summed E-state index contributed by atoms with van der Waals surface area (Å²) in [7, 11) is 0. The molecule has 0 aliphatic carbocycles. The molecule has 1 aromatic rings. The highest BCUT2D eigenvalue weighted by molar-refractivity contribution is 6.42. The molecule has 0 aromatic heterocycles. The molecule has 1 heterocycles. The van der Waals surface area contributed by atoms with Gasteiger partial charge in [-0.15, -0.1) is 0 Å². The quantitative estimate of drug-likeness (QED) is 0.916. The van der Waals surface area contributed by atoms with Crippen LogP contribution in [-0.2, 0) is 11.2 Å². The van der Waals surface area contributed by atoms with Crippen molar-refractivity contribution in [1.29, 1.82) is 0 Å². The molecule has 0 spiro atoms. The van der Waals surface area contributed by atoms with Gasteiger partial charge in [-0.05, 0) is 25.0 Å². The fourth-order valence-electron chi connectivity index (χ4n) is 2.24. The summed E-state index contributed by atoms with van der Waals surface area (Å²) >= 11 is 12.1. The van der Waals surface area contributed by atoms with Crippen LogP contribution in [0.1, 0.15) is 18.9 Å². The number of hydrogen-bond donors (Lipinski definition) is 1. The molecule has 2 rings (SSSR count). The van der Waals surface area contributed by atoms with Crippen molar-refractivity contribution in [3.8, 4) is 0 Å². The Kier molecular flexibility index (Phi) is 3.99. The second kappa shape index (κ2) is 5.15. The maximum Gasteiger partial charge on any atom is 0.0711 e. The zero-order chi connectivity index (χ0) is 12.5. The van der Waals surface area contributed by atoms with Gasteiger partial charge in [0, 0.05) is 18.9 Å². The average Bonchev–Trinajstić information content (AvgIpc) is 2.78. The van der Waals surface area contributed by atoms with Gasteiger partial charge in [0.25, 0.3) is 0 Å². The molecule has 2 nitrogen and oxygen atoms in total. The van der Waals surface area contributed by atoms with Crippen molar-refractivity contribution in [2.45, 2.75) is 25.4 Å². The van der Waals surface area contributed by atoms with E-state index in [1.807, 2.05) is 19.1 Å². The van der Waals surface area contributed by atoms with E-state index >= 15 is 0 Å². The van der Waals surface area contributed by atoms with E-state index in [0.29, 0.717) is 23.1 Å². The van der Waals surface area contributed by atoms with E-state index in [2.05, 4.69) is 0 Å². The summed E-state index contributed by atoms with van der Waals surface area (Å²) in [5.74, 6) is 0.164. The molecule has 0 bridgehead atoms. The Morgan fingerprint density at radius 2 is 2.24 bits per heavy atom. The highest BCUT2D eigenvalue weighted by atomic mass is 35.5. The van der Waals surface area contributed by atoms with Gasteiger partial charge in [-0.3, -0.25) is 0 Å². The standard InChI is InChI=1S/C13H16Cl2O2/c1-13(16,10-5-6-17-8-10)7-9-3-2-4-11(14)12(9)15/h2-4,10,16H,5-8H2,1H3. The maximum absolute atomic E-state index is 10.5. The molecule has 0 saturated carbocycles. The van der Waals surface area contributed by atoms with E-state index in [1.165, 1.54) is 0 Å². The zero-order valence-electron chi connectivity index (χ0n) is 9.75. The molecule has 0 amide bonds. The average molecular weight is 275 g/mol. The number of aliphatic hydroxyl groups is 1. The molecule has 2 atom stereocenters. The van der Waals surface area contributed by atoms with E-state index in [9.17, 15) is 5.11 Å². The Morgan fingerprint density at radius 1 is 1.47 bits per heavy atom. The van der Waals surface area contributed by atoms with Gasteiger partial charge in [-0.25, -0.2) is 0 Å². The largest absolute Gasteiger partial charge is 0.389 e. The predicted octanol–water partition coefficient (Wildman–Crippen LogP) is 3.32. The van der Waals surface area contributed by atoms with E-state index < -0.39 is 5.60 Å². The summed E-state index contributed by atoms with van der Waals surface area (Å²) in [6, 6.07) is 5.50. The SMILES string of the molecule is CC(O)(Cc1cccc(Cl)c1Cl)C1CCOC1. The van der Waals surface area contributed by atoms with Gasteiger partial charge >= 0.3 is 0 Å². The van der Waals surface area contributed by atoms with Crippen LogP contribution >= 0.6 is 23.2 Å². The normalized spacial score (nSPS) is 23.6. The first kappa shape index (κ1) is 13.2. The Hall–Kier alpha value is -0.280. The van der Waals surface area contributed by atoms with Crippen molar-refractivity contribution in [3.05, 3.63) is 33.8 Å². The van der Waals surface area contributed by atoms with Crippen molar-refractivity contribution in [1.82, 2.24) is 0 Å². The molecule has 1 aromatic carbocycles. The Labute approximate surface area is 111 Å². The van der Waals surface area contributed by atoms with Gasteiger partial charge in [-0.1, -0.05) is 35.3 Å². The van der Waals surface area contributed by atoms with Gasteiger partial charge in [0.1, 0.15) is 0 Å². The first-order valence-corrected chi connectivity index (χ1v) is 6.49. The molecule has 1 saturated heterocycles. The van der Waals surface area contributed by atoms with E-state index in [1.54, 1.807) is 6.07 Å². The monoisotopic (exact) mass is 274 g/mol. The minimum atomic E-state index is -0.801. The molecule has 0 radical (unpaired) electrons. The first-order valence-electron chi connectivity index (χ1n) is 5.74. The predicted molar refractivity (Wildman–Crippen MR) is 69.7 cm³/mol. The van der Waals surface area contributed by atoms with E-state index in [0.717, 1.165) is 18.6 Å². The van der Waals surface area contributed by atoms with Crippen LogP contribution in [0.15, 0.2) is 18.2 Å². The van der Waals surface area contributed by atoms with Crippen LogP contribution in [0, 0.1) is 5.92 Å². The lowest BCUT2D eigenvalue weighted by atomic mass is 9.83. The molecule has 1 fully saturated rings. The maximum atomic E-state index is 10.5. The van der Waals surface area contributed by atoms with Gasteiger partial charge < -0.3 is 9.84 Å². The Bertz CT molecular complexity index is 398. The van der Waals surface area contributed by atoms with Crippen molar-refractivity contribution in [2.24, 2.45) is 5.92 Å². The highest BCUT2D eigenvalue weighted by Crippen LogP contribution is 2.33. The van der Waals surface area contributed by atoms with Crippen LogP contribution in [0.4, 0.5) is 0 Å². The second-order valence-electron chi connectivity index (χ2n) is 4.81. The van der Waals surface area contributed by atoms with Crippen LogP contribution in [0.2, 0.25) is 10.0 Å². The third-order valence-electron chi connectivity index (χ3n) is 3.39. The fourth-order valence-corrected chi connectivity index (χ4v) is 2.63. The van der Waals surface area contributed by atoms with E-state index in [4.69, 9.17) is 27.9 Å². The molecule has 94 valence electrons. The molecule has 2 unspecified atom stereocenters. The van der Waals surface area contributed by atoms with Crippen LogP contribution in [0.5, 0.6) is 0 Å². The summed E-state index contributed by atoms with van der Waals surface area (Å²) < 4.78 is 5.32. The van der Waals surface area contributed by atoms with Crippen LogP contribution in [0.3, 0.4) is 0 Å². The van der Waals surface area contributed by atoms with Crippen molar-refractivity contribution < 1.29 is 9.84 Å². The first-order chi connectivity index (χ1) is 8.00. The number of ether oxygens (including phenoxy) is 1. The topological polar surface area (TPSA) is 29.5 Å². The smallest absolute Gasteiger partial charge is 0.0711 e. The summed E-state index contributed by atoms with van der Waals surface area (Å²) in [6.45, 7) is 3.18. The lowest BCUT2D eigenvalue weighted by Gasteiger charge is -2.29. The number of hydrogen-bond acceptors (Lipinski definition) is 2. The Balaban J connectivity index is 2.16. The minimum absolute atomic E-state index is 0.164. The zero-order valence-corrected chi connectivity index (χ0v) is 11.3. The van der Waals surface area contributed by atoms with E-state index in [-0.39, 0.29) is 5.92 Å². The van der Waals surface area contributed by atoms with Crippen LogP contribution < -0.4 is 0 Å². The fraction of sp³-hybridized carbons (Fsp3) is 0.538. The molecule has 1 aliphatic heterocycles. The molecule has 4 heteroatoms. The highest BCUT2D eigenvalue weighted by Gasteiger charge is 2.35. The van der Waals surface area contributed by atoms with Gasteiger partial charge in [0.2, 0.25) is 0 Å². The van der Waals surface area contributed by atoms with Gasteiger partial charge in [-0.2, -0.15) is 0 Å². The van der Waals surface area contributed by atoms with Gasteiger partial charge in [0.05, 0.1) is 22.3 Å². The molecular formula is C13H16Cl2O2.